The Morgan fingerprint density at radius 2 is 2.06 bits per heavy atom. The van der Waals surface area contributed by atoms with Gasteiger partial charge in [0.2, 0.25) is 5.91 Å². The van der Waals surface area contributed by atoms with E-state index in [2.05, 4.69) is 26.6 Å². The summed E-state index contributed by atoms with van der Waals surface area (Å²) in [5, 5.41) is 5.08. The van der Waals surface area contributed by atoms with Crippen molar-refractivity contribution in [1.82, 2.24) is 5.32 Å². The van der Waals surface area contributed by atoms with Crippen LogP contribution in [0, 0.1) is 0 Å². The maximum atomic E-state index is 11.4. The van der Waals surface area contributed by atoms with Crippen LogP contribution in [0.2, 0.25) is 5.02 Å². The van der Waals surface area contributed by atoms with E-state index < -0.39 is 11.9 Å². The van der Waals surface area contributed by atoms with Gasteiger partial charge in [0.25, 0.3) is 0 Å². The minimum atomic E-state index is -0.612. The first kappa shape index (κ1) is 14.3. The maximum Gasteiger partial charge on any atom is 0.325 e. The van der Waals surface area contributed by atoms with Crippen molar-refractivity contribution in [1.29, 1.82) is 0 Å². The van der Waals surface area contributed by atoms with Gasteiger partial charge in [-0.05, 0) is 34.1 Å². The van der Waals surface area contributed by atoms with Crippen molar-refractivity contribution < 1.29 is 9.59 Å². The van der Waals surface area contributed by atoms with Gasteiger partial charge in [0, 0.05) is 22.5 Å². The highest BCUT2D eigenvalue weighted by Crippen LogP contribution is 2.25. The number of carbonyl (C=O) groups is 2. The fourth-order valence-electron chi connectivity index (χ4n) is 1.01. The number of nitrogens with one attached hydrogen (secondary N) is 2. The van der Waals surface area contributed by atoms with Crippen LogP contribution in [0.3, 0.4) is 0 Å². The Morgan fingerprint density at radius 3 is 2.65 bits per heavy atom. The zero-order valence-electron chi connectivity index (χ0n) is 8.60. The lowest BCUT2D eigenvalue weighted by Crippen LogP contribution is -2.34. The number of benzene rings is 1. The Morgan fingerprint density at radius 1 is 1.35 bits per heavy atom. The zero-order chi connectivity index (χ0) is 12.8. The summed E-state index contributed by atoms with van der Waals surface area (Å²) in [7, 11) is 0. The van der Waals surface area contributed by atoms with E-state index in [9.17, 15) is 9.59 Å². The van der Waals surface area contributed by atoms with E-state index in [0.29, 0.717) is 10.7 Å². The van der Waals surface area contributed by atoms with Gasteiger partial charge in [-0.25, -0.2) is 4.79 Å². The van der Waals surface area contributed by atoms with Crippen LogP contribution in [-0.4, -0.2) is 17.8 Å². The summed E-state index contributed by atoms with van der Waals surface area (Å²) in [6.45, 7) is 0. The van der Waals surface area contributed by atoms with Crippen molar-refractivity contribution in [3.8, 4) is 0 Å². The standard InChI is InChI=1S/C10H9BrCl2N2O2/c11-7-2-1-6(5-8(7)13)14-10(17)15-9(16)3-4-12/h1-2,5H,3-4H2,(H2,14,15,16,17). The van der Waals surface area contributed by atoms with Crippen LogP contribution in [0.5, 0.6) is 0 Å². The summed E-state index contributed by atoms with van der Waals surface area (Å²) in [5.74, 6) is -0.260. The molecule has 0 atom stereocenters. The van der Waals surface area contributed by atoms with E-state index in [4.69, 9.17) is 23.2 Å². The lowest BCUT2D eigenvalue weighted by molar-refractivity contribution is -0.119. The molecule has 0 fully saturated rings. The summed E-state index contributed by atoms with van der Waals surface area (Å²) >= 11 is 14.4. The van der Waals surface area contributed by atoms with Gasteiger partial charge in [0.1, 0.15) is 0 Å². The quantitative estimate of drug-likeness (QED) is 0.829. The Bertz CT molecular complexity index is 440. The lowest BCUT2D eigenvalue weighted by Gasteiger charge is -2.06. The topological polar surface area (TPSA) is 58.2 Å². The highest BCUT2D eigenvalue weighted by Gasteiger charge is 2.07. The third-order valence-corrected chi connectivity index (χ3v) is 3.17. The van der Waals surface area contributed by atoms with Gasteiger partial charge >= 0.3 is 6.03 Å². The van der Waals surface area contributed by atoms with E-state index in [1.807, 2.05) is 0 Å². The van der Waals surface area contributed by atoms with E-state index in [1.165, 1.54) is 0 Å². The van der Waals surface area contributed by atoms with Crippen molar-refractivity contribution in [3.05, 3.63) is 27.7 Å². The maximum absolute atomic E-state index is 11.4. The Kier molecular flexibility index (Phi) is 5.74. The predicted octanol–water partition coefficient (Wildman–Crippen LogP) is 3.38. The summed E-state index contributed by atoms with van der Waals surface area (Å²) < 4.78 is 0.725. The molecule has 0 unspecified atom stereocenters. The smallest absolute Gasteiger partial charge is 0.308 e. The molecular formula is C10H9BrCl2N2O2. The minimum Gasteiger partial charge on any atom is -0.308 e. The molecule has 0 aliphatic rings. The van der Waals surface area contributed by atoms with Crippen LogP contribution in [0.15, 0.2) is 22.7 Å². The molecule has 1 rings (SSSR count). The number of imide groups is 1. The third kappa shape index (κ3) is 4.93. The molecular weight excluding hydrogens is 331 g/mol. The number of carbonyl (C=O) groups excluding carboxylic acids is 2. The molecule has 7 heteroatoms. The van der Waals surface area contributed by atoms with Crippen LogP contribution < -0.4 is 10.6 Å². The fraction of sp³-hybridized carbons (Fsp3) is 0.200. The first-order valence-electron chi connectivity index (χ1n) is 4.65. The predicted molar refractivity (Wildman–Crippen MR) is 71.7 cm³/mol. The molecule has 0 aliphatic carbocycles. The van der Waals surface area contributed by atoms with Crippen molar-refractivity contribution >= 4 is 56.8 Å². The molecule has 0 bridgehead atoms. The van der Waals surface area contributed by atoms with Crippen LogP contribution in [0.25, 0.3) is 0 Å². The largest absolute Gasteiger partial charge is 0.325 e. The third-order valence-electron chi connectivity index (χ3n) is 1.75. The van der Waals surface area contributed by atoms with Gasteiger partial charge in [0.15, 0.2) is 0 Å². The van der Waals surface area contributed by atoms with Gasteiger partial charge in [-0.1, -0.05) is 11.6 Å². The SMILES string of the molecule is O=C(CCCl)NC(=O)Nc1ccc(Br)c(Cl)c1. The highest BCUT2D eigenvalue weighted by atomic mass is 79.9. The molecule has 4 nitrogen and oxygen atoms in total. The molecule has 0 heterocycles. The fourth-order valence-corrected chi connectivity index (χ4v) is 1.61. The van der Waals surface area contributed by atoms with Gasteiger partial charge < -0.3 is 5.32 Å². The number of hydrogen-bond acceptors (Lipinski definition) is 2. The summed E-state index contributed by atoms with van der Waals surface area (Å²) in [4.78, 5) is 22.4. The second-order valence-corrected chi connectivity index (χ2v) is 4.71. The van der Waals surface area contributed by atoms with Crippen molar-refractivity contribution in [3.63, 3.8) is 0 Å². The minimum absolute atomic E-state index is 0.0933. The molecule has 1 aromatic carbocycles. The zero-order valence-corrected chi connectivity index (χ0v) is 11.7. The summed E-state index contributed by atoms with van der Waals surface area (Å²) in [6, 6.07) is 4.30. The van der Waals surface area contributed by atoms with Gasteiger partial charge in [-0.15, -0.1) is 11.6 Å². The molecule has 2 N–H and O–H groups in total. The Hall–Kier alpha value is -0.780. The second kappa shape index (κ2) is 6.83. The normalized spacial score (nSPS) is 9.82. The van der Waals surface area contributed by atoms with Gasteiger partial charge in [-0.3, -0.25) is 10.1 Å². The number of anilines is 1. The molecule has 0 saturated heterocycles. The van der Waals surface area contributed by atoms with Crippen molar-refractivity contribution in [2.45, 2.75) is 6.42 Å². The van der Waals surface area contributed by atoms with Crippen LogP contribution in [0.4, 0.5) is 10.5 Å². The van der Waals surface area contributed by atoms with E-state index in [-0.39, 0.29) is 12.3 Å². The van der Waals surface area contributed by atoms with Gasteiger partial charge in [-0.2, -0.15) is 0 Å². The molecule has 0 spiro atoms. The van der Waals surface area contributed by atoms with E-state index in [1.54, 1.807) is 18.2 Å². The average Bonchev–Trinajstić information content (AvgIpc) is 2.23. The lowest BCUT2D eigenvalue weighted by atomic mass is 10.3. The average molecular weight is 340 g/mol. The molecule has 0 aliphatic heterocycles. The molecule has 17 heavy (non-hydrogen) atoms. The second-order valence-electron chi connectivity index (χ2n) is 3.07. The molecule has 3 amide bonds. The number of amides is 3. The molecule has 0 aromatic heterocycles. The molecule has 1 aromatic rings. The van der Waals surface area contributed by atoms with Crippen molar-refractivity contribution in [2.24, 2.45) is 0 Å². The van der Waals surface area contributed by atoms with Crippen LogP contribution >= 0.6 is 39.1 Å². The summed E-state index contributed by atoms with van der Waals surface area (Å²) in [5.41, 5.74) is 0.495. The Balaban J connectivity index is 2.56. The number of rotatable bonds is 3. The molecule has 92 valence electrons. The van der Waals surface area contributed by atoms with E-state index in [0.717, 1.165) is 4.47 Å². The first-order valence-corrected chi connectivity index (χ1v) is 6.35. The monoisotopic (exact) mass is 338 g/mol. The summed E-state index contributed by atoms with van der Waals surface area (Å²) in [6.07, 6.45) is 0.0933. The van der Waals surface area contributed by atoms with Crippen LogP contribution in [-0.2, 0) is 4.79 Å². The first-order chi connectivity index (χ1) is 8.02. The van der Waals surface area contributed by atoms with E-state index >= 15 is 0 Å². The number of alkyl halides is 1. The molecule has 0 saturated carbocycles. The number of urea groups is 1. The number of hydrogen-bond donors (Lipinski definition) is 2. The number of halogens is 3. The highest BCUT2D eigenvalue weighted by molar-refractivity contribution is 9.10. The van der Waals surface area contributed by atoms with Gasteiger partial charge in [0.05, 0.1) is 5.02 Å². The van der Waals surface area contributed by atoms with Crippen LogP contribution in [0.1, 0.15) is 6.42 Å². The van der Waals surface area contributed by atoms with Crippen molar-refractivity contribution in [2.75, 3.05) is 11.2 Å². The Labute approximate surface area is 117 Å². The molecule has 0 radical (unpaired) electrons.